The van der Waals surface area contributed by atoms with Crippen LogP contribution in [-0.4, -0.2) is 30.9 Å². The van der Waals surface area contributed by atoms with Crippen molar-refractivity contribution < 1.29 is 18.0 Å². The summed E-state index contributed by atoms with van der Waals surface area (Å²) in [5, 5.41) is -0.0861. The average Bonchev–Trinajstić information content (AvgIpc) is 2.17. The predicted molar refractivity (Wildman–Crippen MR) is 52.5 cm³/mol. The maximum absolute atomic E-state index is 11.4. The van der Waals surface area contributed by atoms with Crippen LogP contribution < -0.4 is 10.6 Å². The molecule has 0 spiro atoms. The number of nitrogens with one attached hydrogen (secondary N) is 1. The lowest BCUT2D eigenvalue weighted by Gasteiger charge is -2.04. The minimum absolute atomic E-state index is 0.0861. The van der Waals surface area contributed by atoms with Crippen molar-refractivity contribution in [3.63, 3.8) is 0 Å². The topological polar surface area (TPSA) is 124 Å². The first-order valence-electron chi connectivity index (χ1n) is 3.81. The van der Waals surface area contributed by atoms with E-state index >= 15 is 0 Å². The van der Waals surface area contributed by atoms with Crippen molar-refractivity contribution in [3.8, 4) is 0 Å². The third-order valence-corrected chi connectivity index (χ3v) is 2.65. The largest absolute Gasteiger partial charge is 0.368 e. The van der Waals surface area contributed by atoms with Crippen molar-refractivity contribution in [2.45, 2.75) is 4.90 Å². The van der Waals surface area contributed by atoms with Crippen molar-refractivity contribution in [1.82, 2.24) is 14.9 Å². The number of nitrogens with two attached hydrogens (primary N) is 1. The summed E-state index contributed by atoms with van der Waals surface area (Å²) in [6.45, 7) is -0.576. The normalized spacial score (nSPS) is 11.3. The second-order valence-electron chi connectivity index (χ2n) is 2.53. The Kier molecular flexibility index (Phi) is 4.12. The first kappa shape index (κ1) is 12.8. The van der Waals surface area contributed by atoms with Gasteiger partial charge in [0.2, 0.25) is 11.2 Å². The standard InChI is InChI=1S/C6H7ClN4O4S/c7-6-9-1-4(2-10-6)16(13,14)11-15-3-5(8)12/h1-2,11H,3H2,(H2,8,12). The number of carbonyl (C=O) groups excluding carboxylic acids is 1. The molecule has 0 atom stereocenters. The van der Waals surface area contributed by atoms with Gasteiger partial charge < -0.3 is 5.73 Å². The van der Waals surface area contributed by atoms with E-state index in [1.165, 1.54) is 0 Å². The molecule has 3 N–H and O–H groups in total. The summed E-state index contributed by atoms with van der Waals surface area (Å²) in [5.74, 6) is -0.810. The molecule has 0 fully saturated rings. The lowest BCUT2D eigenvalue weighted by Crippen LogP contribution is -2.29. The molecule has 1 heterocycles. The number of hydrogen-bond donors (Lipinski definition) is 2. The summed E-state index contributed by atoms with van der Waals surface area (Å²) >= 11 is 5.38. The Morgan fingerprint density at radius 3 is 2.56 bits per heavy atom. The number of amides is 1. The van der Waals surface area contributed by atoms with Gasteiger partial charge in [-0.2, -0.15) is 0 Å². The predicted octanol–water partition coefficient (Wildman–Crippen LogP) is -1.17. The molecule has 0 unspecified atom stereocenters. The molecule has 0 aliphatic rings. The second kappa shape index (κ2) is 5.16. The van der Waals surface area contributed by atoms with Crippen molar-refractivity contribution in [1.29, 1.82) is 0 Å². The van der Waals surface area contributed by atoms with Gasteiger partial charge in [-0.05, 0) is 11.6 Å². The Morgan fingerprint density at radius 1 is 1.50 bits per heavy atom. The quantitative estimate of drug-likeness (QED) is 0.511. The molecule has 16 heavy (non-hydrogen) atoms. The van der Waals surface area contributed by atoms with E-state index in [2.05, 4.69) is 14.8 Å². The van der Waals surface area contributed by atoms with E-state index in [9.17, 15) is 13.2 Å². The zero-order valence-electron chi connectivity index (χ0n) is 7.75. The number of sulfonamides is 1. The van der Waals surface area contributed by atoms with Crippen LogP contribution in [0.3, 0.4) is 0 Å². The minimum Gasteiger partial charge on any atom is -0.368 e. The average molecular weight is 267 g/mol. The van der Waals surface area contributed by atoms with Crippen LogP contribution in [0.2, 0.25) is 5.28 Å². The summed E-state index contributed by atoms with van der Waals surface area (Å²) in [6, 6.07) is 0. The second-order valence-corrected chi connectivity index (χ2v) is 4.51. The van der Waals surface area contributed by atoms with Crippen LogP contribution in [0.15, 0.2) is 17.3 Å². The number of halogens is 1. The number of rotatable bonds is 5. The molecule has 8 nitrogen and oxygen atoms in total. The first-order chi connectivity index (χ1) is 7.42. The van der Waals surface area contributed by atoms with E-state index in [-0.39, 0.29) is 10.2 Å². The van der Waals surface area contributed by atoms with Crippen LogP contribution >= 0.6 is 11.6 Å². The molecule has 0 aliphatic heterocycles. The Bertz CT molecular complexity index is 474. The van der Waals surface area contributed by atoms with Gasteiger partial charge in [0.05, 0.1) is 12.4 Å². The van der Waals surface area contributed by atoms with Gasteiger partial charge in [0.15, 0.2) is 0 Å². The fourth-order valence-electron chi connectivity index (χ4n) is 0.665. The molecule has 0 saturated carbocycles. The van der Waals surface area contributed by atoms with E-state index in [0.29, 0.717) is 0 Å². The third-order valence-electron chi connectivity index (χ3n) is 1.29. The van der Waals surface area contributed by atoms with E-state index in [4.69, 9.17) is 17.3 Å². The van der Waals surface area contributed by atoms with Gasteiger partial charge in [0.25, 0.3) is 10.0 Å². The van der Waals surface area contributed by atoms with Gasteiger partial charge in [-0.3, -0.25) is 9.63 Å². The Hall–Kier alpha value is -1.29. The Labute approximate surface area is 95.8 Å². The molecule has 1 aromatic heterocycles. The molecule has 0 radical (unpaired) electrons. The molecular weight excluding hydrogens is 260 g/mol. The minimum atomic E-state index is -3.94. The van der Waals surface area contributed by atoms with Gasteiger partial charge in [-0.25, -0.2) is 18.4 Å². The lowest BCUT2D eigenvalue weighted by atomic mass is 10.7. The Morgan fingerprint density at radius 2 is 2.06 bits per heavy atom. The first-order valence-corrected chi connectivity index (χ1v) is 5.67. The smallest absolute Gasteiger partial charge is 0.265 e. The number of aromatic nitrogens is 2. The summed E-state index contributed by atoms with van der Waals surface area (Å²) in [5.41, 5.74) is 4.74. The molecule has 1 amide bonds. The van der Waals surface area contributed by atoms with Gasteiger partial charge >= 0.3 is 0 Å². The van der Waals surface area contributed by atoms with E-state index < -0.39 is 22.5 Å². The summed E-state index contributed by atoms with van der Waals surface area (Å²) in [7, 11) is -3.94. The molecule has 1 rings (SSSR count). The number of carbonyl (C=O) groups is 1. The molecule has 1 aromatic rings. The third kappa shape index (κ3) is 3.70. The number of hydrogen-bond acceptors (Lipinski definition) is 6. The fourth-order valence-corrected chi connectivity index (χ4v) is 1.46. The number of primary amides is 1. The number of nitrogens with zero attached hydrogens (tertiary/aromatic N) is 2. The van der Waals surface area contributed by atoms with Crippen LogP contribution in [0.4, 0.5) is 0 Å². The summed E-state index contributed by atoms with van der Waals surface area (Å²) < 4.78 is 22.8. The highest BCUT2D eigenvalue weighted by Gasteiger charge is 2.15. The zero-order valence-corrected chi connectivity index (χ0v) is 9.33. The van der Waals surface area contributed by atoms with Crippen molar-refractivity contribution in [2.24, 2.45) is 5.73 Å². The lowest BCUT2D eigenvalue weighted by molar-refractivity contribution is -0.123. The Balaban J connectivity index is 2.71. The molecule has 0 bridgehead atoms. The van der Waals surface area contributed by atoms with Gasteiger partial charge in [-0.1, -0.05) is 4.89 Å². The molecule has 0 saturated heterocycles. The monoisotopic (exact) mass is 266 g/mol. The molecule has 0 aromatic carbocycles. The molecule has 0 aliphatic carbocycles. The van der Waals surface area contributed by atoms with Gasteiger partial charge in [0.1, 0.15) is 11.5 Å². The summed E-state index contributed by atoms with van der Waals surface area (Å²) in [6.07, 6.45) is 1.98. The SMILES string of the molecule is NC(=O)CONS(=O)(=O)c1cnc(Cl)nc1. The van der Waals surface area contributed by atoms with Crippen molar-refractivity contribution >= 4 is 27.5 Å². The maximum Gasteiger partial charge on any atom is 0.265 e. The van der Waals surface area contributed by atoms with Gasteiger partial charge in [0, 0.05) is 0 Å². The van der Waals surface area contributed by atoms with E-state index in [0.717, 1.165) is 12.4 Å². The highest BCUT2D eigenvalue weighted by Crippen LogP contribution is 2.06. The van der Waals surface area contributed by atoms with Crippen molar-refractivity contribution in [3.05, 3.63) is 17.7 Å². The van der Waals surface area contributed by atoms with Crippen LogP contribution in [0.25, 0.3) is 0 Å². The van der Waals surface area contributed by atoms with Gasteiger partial charge in [-0.15, -0.1) is 0 Å². The highest BCUT2D eigenvalue weighted by molar-refractivity contribution is 7.89. The van der Waals surface area contributed by atoms with Crippen molar-refractivity contribution in [2.75, 3.05) is 6.61 Å². The van der Waals surface area contributed by atoms with Crippen LogP contribution in [0, 0.1) is 0 Å². The summed E-state index contributed by atoms with van der Waals surface area (Å²) in [4.78, 5) is 23.0. The molecule has 10 heteroatoms. The molecule has 88 valence electrons. The van der Waals surface area contributed by atoms with Crippen LogP contribution in [0.5, 0.6) is 0 Å². The maximum atomic E-state index is 11.4. The van der Waals surface area contributed by atoms with E-state index in [1.54, 1.807) is 4.89 Å². The van der Waals surface area contributed by atoms with E-state index in [1.807, 2.05) is 0 Å². The van der Waals surface area contributed by atoms with Crippen LogP contribution in [-0.2, 0) is 19.7 Å². The van der Waals surface area contributed by atoms with Crippen LogP contribution in [0.1, 0.15) is 0 Å². The zero-order chi connectivity index (χ0) is 12.2. The fraction of sp³-hybridized carbons (Fsp3) is 0.167. The molecular formula is C6H7ClN4O4S. The highest BCUT2D eigenvalue weighted by atomic mass is 35.5.